The summed E-state index contributed by atoms with van der Waals surface area (Å²) in [5, 5.41) is 2.27. The van der Waals surface area contributed by atoms with Gasteiger partial charge in [0.05, 0.1) is 0 Å². The molecule has 0 radical (unpaired) electrons. The van der Waals surface area contributed by atoms with Crippen LogP contribution in [0.1, 0.15) is 10.8 Å². The van der Waals surface area contributed by atoms with E-state index in [9.17, 15) is 9.59 Å². The average Bonchev–Trinajstić information content (AvgIpc) is 2.63. The number of thioether (sulfide) groups is 1. The van der Waals surface area contributed by atoms with Crippen LogP contribution in [0.25, 0.3) is 0 Å². The van der Waals surface area contributed by atoms with Crippen molar-refractivity contribution < 1.29 is 4.79 Å². The zero-order valence-electron chi connectivity index (χ0n) is 12.8. The molecule has 1 atom stereocenters. The van der Waals surface area contributed by atoms with E-state index in [0.29, 0.717) is 0 Å². The highest BCUT2D eigenvalue weighted by Gasteiger charge is 2.22. The SMILES string of the molecule is O=C(Nc1c[nH]ccc1=O)C(Sc1ccccc1)c1ccccc1. The molecule has 1 unspecified atom stereocenters. The van der Waals surface area contributed by atoms with Crippen molar-refractivity contribution >= 4 is 23.4 Å². The highest BCUT2D eigenvalue weighted by molar-refractivity contribution is 8.00. The van der Waals surface area contributed by atoms with Crippen molar-refractivity contribution in [2.24, 2.45) is 0 Å². The molecule has 0 fully saturated rings. The van der Waals surface area contributed by atoms with Crippen molar-refractivity contribution in [1.29, 1.82) is 0 Å². The van der Waals surface area contributed by atoms with E-state index in [1.54, 1.807) is 0 Å². The lowest BCUT2D eigenvalue weighted by molar-refractivity contribution is -0.115. The molecular weight excluding hydrogens is 320 g/mol. The van der Waals surface area contributed by atoms with Crippen LogP contribution in [0.4, 0.5) is 5.69 Å². The zero-order valence-corrected chi connectivity index (χ0v) is 13.6. The van der Waals surface area contributed by atoms with E-state index in [4.69, 9.17) is 0 Å². The van der Waals surface area contributed by atoms with Crippen molar-refractivity contribution in [1.82, 2.24) is 4.98 Å². The molecule has 0 spiro atoms. The minimum absolute atomic E-state index is 0.223. The van der Waals surface area contributed by atoms with Crippen LogP contribution in [0.2, 0.25) is 0 Å². The fraction of sp³-hybridized carbons (Fsp3) is 0.0526. The maximum Gasteiger partial charge on any atom is 0.242 e. The number of aromatic nitrogens is 1. The minimum Gasteiger partial charge on any atom is -0.366 e. The summed E-state index contributed by atoms with van der Waals surface area (Å²) < 4.78 is 0. The molecule has 2 N–H and O–H groups in total. The molecule has 0 saturated carbocycles. The summed E-state index contributed by atoms with van der Waals surface area (Å²) in [6.07, 6.45) is 3.03. The van der Waals surface area contributed by atoms with E-state index < -0.39 is 5.25 Å². The smallest absolute Gasteiger partial charge is 0.242 e. The largest absolute Gasteiger partial charge is 0.366 e. The molecule has 120 valence electrons. The number of hydrogen-bond donors (Lipinski definition) is 2. The molecule has 3 rings (SSSR count). The molecule has 0 aliphatic heterocycles. The van der Waals surface area contributed by atoms with E-state index >= 15 is 0 Å². The van der Waals surface area contributed by atoms with Crippen LogP contribution in [0, 0.1) is 0 Å². The monoisotopic (exact) mass is 336 g/mol. The van der Waals surface area contributed by atoms with Crippen LogP contribution in [-0.4, -0.2) is 10.9 Å². The quantitative estimate of drug-likeness (QED) is 0.696. The first kappa shape index (κ1) is 16.1. The summed E-state index contributed by atoms with van der Waals surface area (Å²) in [6, 6.07) is 20.6. The Balaban J connectivity index is 1.88. The van der Waals surface area contributed by atoms with Gasteiger partial charge in [0.2, 0.25) is 11.3 Å². The van der Waals surface area contributed by atoms with Gasteiger partial charge in [-0.3, -0.25) is 9.59 Å². The van der Waals surface area contributed by atoms with Crippen molar-refractivity contribution in [2.75, 3.05) is 5.32 Å². The first-order valence-electron chi connectivity index (χ1n) is 7.48. The second-order valence-corrected chi connectivity index (χ2v) is 6.31. The van der Waals surface area contributed by atoms with E-state index in [2.05, 4.69) is 10.3 Å². The molecule has 0 aliphatic rings. The molecule has 0 bridgehead atoms. The lowest BCUT2D eigenvalue weighted by atomic mass is 10.1. The first-order chi connectivity index (χ1) is 11.7. The third-order valence-electron chi connectivity index (χ3n) is 3.42. The lowest BCUT2D eigenvalue weighted by Gasteiger charge is -2.16. The lowest BCUT2D eigenvalue weighted by Crippen LogP contribution is -2.22. The van der Waals surface area contributed by atoms with Gasteiger partial charge >= 0.3 is 0 Å². The summed E-state index contributed by atoms with van der Waals surface area (Å²) in [7, 11) is 0. The summed E-state index contributed by atoms with van der Waals surface area (Å²) in [4.78, 5) is 28.4. The number of carbonyl (C=O) groups excluding carboxylic acids is 1. The van der Waals surface area contributed by atoms with Gasteiger partial charge in [-0.15, -0.1) is 11.8 Å². The molecular formula is C19H16N2O2S. The van der Waals surface area contributed by atoms with E-state index in [0.717, 1.165) is 10.5 Å². The Kier molecular flexibility index (Phi) is 5.13. The van der Waals surface area contributed by atoms with Gasteiger partial charge in [0.25, 0.3) is 0 Å². The third kappa shape index (κ3) is 3.94. The molecule has 0 saturated heterocycles. The number of carbonyl (C=O) groups is 1. The van der Waals surface area contributed by atoms with Gasteiger partial charge in [0, 0.05) is 23.4 Å². The molecule has 2 aromatic carbocycles. The summed E-state index contributed by atoms with van der Waals surface area (Å²) in [6.45, 7) is 0. The fourth-order valence-corrected chi connectivity index (χ4v) is 3.29. The molecule has 0 aliphatic carbocycles. The van der Waals surface area contributed by atoms with Gasteiger partial charge in [-0.1, -0.05) is 48.5 Å². The minimum atomic E-state index is -0.451. The van der Waals surface area contributed by atoms with Crippen LogP contribution in [0.3, 0.4) is 0 Å². The van der Waals surface area contributed by atoms with Gasteiger partial charge < -0.3 is 10.3 Å². The Labute approximate surface area is 143 Å². The number of anilines is 1. The molecule has 1 amide bonds. The zero-order chi connectivity index (χ0) is 16.8. The maximum atomic E-state index is 12.8. The second-order valence-electron chi connectivity index (χ2n) is 5.13. The standard InChI is InChI=1S/C19H16N2O2S/c22-17-11-12-20-13-16(17)21-19(23)18(14-7-3-1-4-8-14)24-15-9-5-2-6-10-15/h1-13,18H,(H,20,22)(H,21,23). The van der Waals surface area contributed by atoms with Crippen molar-refractivity contribution in [3.8, 4) is 0 Å². The van der Waals surface area contributed by atoms with Crippen molar-refractivity contribution in [2.45, 2.75) is 10.1 Å². The molecule has 5 heteroatoms. The Morgan fingerprint density at radius 3 is 2.29 bits per heavy atom. The van der Waals surface area contributed by atoms with E-state index in [1.807, 2.05) is 60.7 Å². The van der Waals surface area contributed by atoms with Crippen molar-refractivity contribution in [3.63, 3.8) is 0 Å². The van der Waals surface area contributed by atoms with Crippen LogP contribution < -0.4 is 10.7 Å². The summed E-state index contributed by atoms with van der Waals surface area (Å²) >= 11 is 1.45. The Hall–Kier alpha value is -2.79. The topological polar surface area (TPSA) is 62.0 Å². The third-order valence-corrected chi connectivity index (χ3v) is 4.69. The van der Waals surface area contributed by atoms with Gasteiger partial charge in [-0.25, -0.2) is 0 Å². The molecule has 1 heterocycles. The number of aromatic amines is 1. The van der Waals surface area contributed by atoms with E-state index in [-0.39, 0.29) is 17.0 Å². The number of nitrogens with one attached hydrogen (secondary N) is 2. The predicted molar refractivity (Wildman–Crippen MR) is 97.2 cm³/mol. The average molecular weight is 336 g/mol. The number of hydrogen-bond acceptors (Lipinski definition) is 3. The summed E-state index contributed by atoms with van der Waals surface area (Å²) in [5.74, 6) is -0.230. The van der Waals surface area contributed by atoms with Crippen LogP contribution in [-0.2, 0) is 4.79 Å². The van der Waals surface area contributed by atoms with Crippen LogP contribution >= 0.6 is 11.8 Å². The Bertz CT molecular complexity index is 863. The molecule has 24 heavy (non-hydrogen) atoms. The van der Waals surface area contributed by atoms with Gasteiger partial charge in [0.1, 0.15) is 10.9 Å². The molecule has 4 nitrogen and oxygen atoms in total. The number of H-pyrrole nitrogens is 1. The molecule has 3 aromatic rings. The predicted octanol–water partition coefficient (Wildman–Crippen LogP) is 3.85. The number of rotatable bonds is 5. The fourth-order valence-electron chi connectivity index (χ4n) is 2.25. The second kappa shape index (κ2) is 7.66. The normalized spacial score (nSPS) is 11.7. The van der Waals surface area contributed by atoms with Gasteiger partial charge in [-0.05, 0) is 17.7 Å². The highest BCUT2D eigenvalue weighted by atomic mass is 32.2. The molecule has 1 aromatic heterocycles. The van der Waals surface area contributed by atoms with Crippen LogP contribution in [0.5, 0.6) is 0 Å². The number of benzene rings is 2. The van der Waals surface area contributed by atoms with Gasteiger partial charge in [0.15, 0.2) is 0 Å². The van der Waals surface area contributed by atoms with Gasteiger partial charge in [-0.2, -0.15) is 0 Å². The van der Waals surface area contributed by atoms with Crippen molar-refractivity contribution in [3.05, 3.63) is 94.9 Å². The Morgan fingerprint density at radius 1 is 0.958 bits per heavy atom. The number of pyridine rings is 1. The van der Waals surface area contributed by atoms with Crippen LogP contribution in [0.15, 0.2) is 88.8 Å². The maximum absolute atomic E-state index is 12.8. The van der Waals surface area contributed by atoms with E-state index in [1.165, 1.54) is 30.2 Å². The first-order valence-corrected chi connectivity index (χ1v) is 8.36. The summed E-state index contributed by atoms with van der Waals surface area (Å²) in [5.41, 5.74) is 0.909. The highest BCUT2D eigenvalue weighted by Crippen LogP contribution is 2.35. The Morgan fingerprint density at radius 2 is 1.62 bits per heavy atom. The number of amides is 1.